The fourth-order valence-electron chi connectivity index (χ4n) is 3.50. The highest BCUT2D eigenvalue weighted by Gasteiger charge is 2.31. The molecule has 1 aliphatic rings. The number of benzene rings is 1. The Morgan fingerprint density at radius 3 is 2.48 bits per heavy atom. The minimum Gasteiger partial charge on any atom is -0.382 e. The standard InChI is InChI=1S/C21H33NO/c1-3-4-5-6-7-8-9-18-10-12-19(13-11-18)20-14-15-21(22,16-20)17-23-2/h10-15,20H,3-9,16-17,22H2,1-2H3. The van der Waals surface area contributed by atoms with Gasteiger partial charge in [0, 0.05) is 13.0 Å². The normalized spacial score (nSPS) is 23.5. The van der Waals surface area contributed by atoms with Crippen molar-refractivity contribution >= 4 is 0 Å². The molecule has 0 amide bonds. The maximum Gasteiger partial charge on any atom is 0.0678 e. The van der Waals surface area contributed by atoms with Gasteiger partial charge in [-0.05, 0) is 30.4 Å². The SMILES string of the molecule is CCCCCCCCc1ccc(C2C=CC(N)(COC)C2)cc1. The molecule has 2 atom stereocenters. The number of rotatable bonds is 10. The molecule has 0 bridgehead atoms. The van der Waals surface area contributed by atoms with Crippen LogP contribution in [0.1, 0.15) is 68.9 Å². The van der Waals surface area contributed by atoms with Crippen molar-refractivity contribution in [1.29, 1.82) is 0 Å². The Hall–Kier alpha value is -1.12. The van der Waals surface area contributed by atoms with Gasteiger partial charge in [-0.2, -0.15) is 0 Å². The van der Waals surface area contributed by atoms with E-state index in [1.807, 2.05) is 0 Å². The number of ether oxygens (including phenoxy) is 1. The maximum absolute atomic E-state index is 6.33. The number of hydrogen-bond donors (Lipinski definition) is 1. The van der Waals surface area contributed by atoms with Crippen LogP contribution in [0.4, 0.5) is 0 Å². The van der Waals surface area contributed by atoms with Gasteiger partial charge in [0.25, 0.3) is 0 Å². The highest BCUT2D eigenvalue weighted by Crippen LogP contribution is 2.33. The zero-order valence-corrected chi connectivity index (χ0v) is 14.9. The van der Waals surface area contributed by atoms with Crippen molar-refractivity contribution < 1.29 is 4.74 Å². The molecule has 0 spiro atoms. The summed E-state index contributed by atoms with van der Waals surface area (Å²) in [5, 5.41) is 0. The van der Waals surface area contributed by atoms with Crippen LogP contribution >= 0.6 is 0 Å². The van der Waals surface area contributed by atoms with Crippen LogP contribution in [-0.2, 0) is 11.2 Å². The van der Waals surface area contributed by atoms with Gasteiger partial charge in [0.2, 0.25) is 0 Å². The average Bonchev–Trinajstić information content (AvgIpc) is 2.94. The highest BCUT2D eigenvalue weighted by atomic mass is 16.5. The van der Waals surface area contributed by atoms with E-state index < -0.39 is 0 Å². The van der Waals surface area contributed by atoms with E-state index in [1.54, 1.807) is 7.11 Å². The third-order valence-corrected chi connectivity index (χ3v) is 4.90. The topological polar surface area (TPSA) is 35.2 Å². The van der Waals surface area contributed by atoms with Gasteiger partial charge in [-0.25, -0.2) is 0 Å². The summed E-state index contributed by atoms with van der Waals surface area (Å²) in [7, 11) is 1.72. The van der Waals surface area contributed by atoms with Gasteiger partial charge in [-0.15, -0.1) is 0 Å². The summed E-state index contributed by atoms with van der Waals surface area (Å²) in [6.45, 7) is 2.86. The van der Waals surface area contributed by atoms with Gasteiger partial charge in [0.1, 0.15) is 0 Å². The van der Waals surface area contributed by atoms with Gasteiger partial charge >= 0.3 is 0 Å². The smallest absolute Gasteiger partial charge is 0.0678 e. The van der Waals surface area contributed by atoms with Gasteiger partial charge in [0.15, 0.2) is 0 Å². The van der Waals surface area contributed by atoms with E-state index >= 15 is 0 Å². The second-order valence-electron chi connectivity index (χ2n) is 7.10. The van der Waals surface area contributed by atoms with E-state index in [2.05, 4.69) is 43.3 Å². The second-order valence-corrected chi connectivity index (χ2v) is 7.10. The Kier molecular flexibility index (Phi) is 7.32. The number of aryl methyl sites for hydroxylation is 1. The summed E-state index contributed by atoms with van der Waals surface area (Å²) in [6.07, 6.45) is 14.7. The molecule has 0 aliphatic heterocycles. The molecular weight excluding hydrogens is 282 g/mol. The molecule has 0 saturated heterocycles. The minimum atomic E-state index is -0.295. The quantitative estimate of drug-likeness (QED) is 0.488. The molecule has 0 heterocycles. The van der Waals surface area contributed by atoms with Gasteiger partial charge in [0.05, 0.1) is 12.1 Å². The Balaban J connectivity index is 1.76. The first-order valence-electron chi connectivity index (χ1n) is 9.23. The zero-order valence-electron chi connectivity index (χ0n) is 14.9. The van der Waals surface area contributed by atoms with Crippen LogP contribution in [0.3, 0.4) is 0 Å². The minimum absolute atomic E-state index is 0.295. The van der Waals surface area contributed by atoms with Crippen LogP contribution in [0.2, 0.25) is 0 Å². The monoisotopic (exact) mass is 315 g/mol. The van der Waals surface area contributed by atoms with Crippen molar-refractivity contribution in [2.45, 2.75) is 69.7 Å². The van der Waals surface area contributed by atoms with Gasteiger partial charge < -0.3 is 10.5 Å². The number of hydrogen-bond acceptors (Lipinski definition) is 2. The lowest BCUT2D eigenvalue weighted by Crippen LogP contribution is -2.40. The van der Waals surface area contributed by atoms with Crippen molar-refractivity contribution in [1.82, 2.24) is 0 Å². The summed E-state index contributed by atoms with van der Waals surface area (Å²) in [5.74, 6) is 0.429. The van der Waals surface area contributed by atoms with Crippen molar-refractivity contribution in [2.24, 2.45) is 5.73 Å². The summed E-state index contributed by atoms with van der Waals surface area (Å²) in [6, 6.07) is 9.14. The average molecular weight is 316 g/mol. The second kappa shape index (κ2) is 9.24. The van der Waals surface area contributed by atoms with Crippen LogP contribution in [0.5, 0.6) is 0 Å². The van der Waals surface area contributed by atoms with Crippen molar-refractivity contribution in [3.05, 3.63) is 47.5 Å². The molecule has 2 N–H and O–H groups in total. The van der Waals surface area contributed by atoms with E-state index in [-0.39, 0.29) is 5.54 Å². The molecular formula is C21H33NO. The highest BCUT2D eigenvalue weighted by molar-refractivity contribution is 5.33. The Morgan fingerprint density at radius 1 is 1.09 bits per heavy atom. The summed E-state index contributed by atoms with van der Waals surface area (Å²) >= 11 is 0. The number of methoxy groups -OCH3 is 1. The van der Waals surface area contributed by atoms with E-state index in [0.717, 1.165) is 6.42 Å². The number of nitrogens with two attached hydrogens (primary N) is 1. The molecule has 1 aromatic carbocycles. The first-order valence-corrected chi connectivity index (χ1v) is 9.23. The summed E-state index contributed by atoms with van der Waals surface area (Å²) in [4.78, 5) is 0. The van der Waals surface area contributed by atoms with E-state index in [0.29, 0.717) is 12.5 Å². The maximum atomic E-state index is 6.33. The molecule has 1 aliphatic carbocycles. The third-order valence-electron chi connectivity index (χ3n) is 4.90. The fraction of sp³-hybridized carbons (Fsp3) is 0.619. The number of unbranched alkanes of at least 4 members (excludes halogenated alkanes) is 5. The van der Waals surface area contributed by atoms with Crippen molar-refractivity contribution in [3.8, 4) is 0 Å². The predicted molar refractivity (Wildman–Crippen MR) is 98.8 cm³/mol. The van der Waals surface area contributed by atoms with Crippen LogP contribution in [0, 0.1) is 0 Å². The lowest BCUT2D eigenvalue weighted by atomic mass is 9.91. The van der Waals surface area contributed by atoms with Gasteiger partial charge in [-0.1, -0.05) is 75.4 Å². The van der Waals surface area contributed by atoms with Crippen molar-refractivity contribution in [3.63, 3.8) is 0 Å². The zero-order chi connectivity index (χ0) is 16.5. The molecule has 0 fully saturated rings. The fourth-order valence-corrected chi connectivity index (χ4v) is 3.50. The lowest BCUT2D eigenvalue weighted by molar-refractivity contribution is 0.151. The van der Waals surface area contributed by atoms with E-state index in [1.165, 1.54) is 56.1 Å². The summed E-state index contributed by atoms with van der Waals surface area (Å²) < 4.78 is 5.24. The Morgan fingerprint density at radius 2 is 1.78 bits per heavy atom. The van der Waals surface area contributed by atoms with Crippen LogP contribution in [-0.4, -0.2) is 19.3 Å². The molecule has 0 radical (unpaired) electrons. The van der Waals surface area contributed by atoms with Crippen molar-refractivity contribution in [2.75, 3.05) is 13.7 Å². The first kappa shape index (κ1) is 18.2. The Bertz CT molecular complexity index is 479. The number of allylic oxidation sites excluding steroid dienone is 1. The van der Waals surface area contributed by atoms with E-state index in [4.69, 9.17) is 10.5 Å². The van der Waals surface area contributed by atoms with Crippen LogP contribution in [0.25, 0.3) is 0 Å². The molecule has 0 saturated carbocycles. The third kappa shape index (κ3) is 5.78. The van der Waals surface area contributed by atoms with Gasteiger partial charge in [-0.3, -0.25) is 0 Å². The molecule has 128 valence electrons. The van der Waals surface area contributed by atoms with Crippen LogP contribution in [0.15, 0.2) is 36.4 Å². The molecule has 2 nitrogen and oxygen atoms in total. The summed E-state index contributed by atoms with van der Waals surface area (Å²) in [5.41, 5.74) is 8.87. The Labute approximate surface area is 142 Å². The molecule has 2 unspecified atom stereocenters. The van der Waals surface area contributed by atoms with Crippen LogP contribution < -0.4 is 5.73 Å². The molecule has 1 aromatic rings. The van der Waals surface area contributed by atoms with E-state index in [9.17, 15) is 0 Å². The molecule has 0 aromatic heterocycles. The first-order chi connectivity index (χ1) is 11.2. The molecule has 2 rings (SSSR count). The predicted octanol–water partition coefficient (Wildman–Crippen LogP) is 4.98. The molecule has 2 heteroatoms. The molecule has 23 heavy (non-hydrogen) atoms. The lowest BCUT2D eigenvalue weighted by Gasteiger charge is -2.22. The largest absolute Gasteiger partial charge is 0.382 e.